The lowest BCUT2D eigenvalue weighted by molar-refractivity contribution is -0.00331. The van der Waals surface area contributed by atoms with E-state index in [2.05, 4.69) is 27.4 Å². The lowest BCUT2D eigenvalue weighted by Gasteiger charge is -2.54. The second kappa shape index (κ2) is 6.01. The molecule has 3 heteroatoms. The first-order valence-corrected chi connectivity index (χ1v) is 10.8. The lowest BCUT2D eigenvalue weighted by atomic mass is 9.51. The first kappa shape index (κ1) is 17.7. The smallest absolute Gasteiger partial charge is 0.178 e. The molecule has 2 saturated carbocycles. The second-order valence-electron chi connectivity index (χ2n) is 8.40. The molecule has 3 rings (SSSR count). The van der Waals surface area contributed by atoms with Gasteiger partial charge in [-0.25, -0.2) is 8.42 Å². The van der Waals surface area contributed by atoms with E-state index in [9.17, 15) is 8.42 Å². The van der Waals surface area contributed by atoms with Gasteiger partial charge >= 0.3 is 0 Å². The first-order valence-electron chi connectivity index (χ1n) is 9.16. The molecule has 2 aliphatic carbocycles. The molecule has 2 nitrogen and oxygen atoms in total. The molecule has 2 aliphatic rings. The van der Waals surface area contributed by atoms with Gasteiger partial charge in [-0.05, 0) is 67.4 Å². The Balaban J connectivity index is 2.00. The van der Waals surface area contributed by atoms with E-state index < -0.39 is 9.84 Å². The molecule has 4 atom stereocenters. The van der Waals surface area contributed by atoms with Gasteiger partial charge in [0.05, 0.1) is 10.6 Å². The summed E-state index contributed by atoms with van der Waals surface area (Å²) >= 11 is 0. The summed E-state index contributed by atoms with van der Waals surface area (Å²) < 4.78 is 26.2. The zero-order valence-corrected chi connectivity index (χ0v) is 16.0. The summed E-state index contributed by atoms with van der Waals surface area (Å²) in [6, 6.07) is 8.95. The highest BCUT2D eigenvalue weighted by molar-refractivity contribution is 7.91. The van der Waals surface area contributed by atoms with Crippen LogP contribution in [0.15, 0.2) is 47.4 Å². The predicted molar refractivity (Wildman–Crippen MR) is 99.6 cm³/mol. The topological polar surface area (TPSA) is 34.1 Å². The van der Waals surface area contributed by atoms with Gasteiger partial charge in [0.1, 0.15) is 0 Å². The summed E-state index contributed by atoms with van der Waals surface area (Å²) in [4.78, 5) is 0.461. The molecule has 0 saturated heterocycles. The van der Waals surface area contributed by atoms with Crippen molar-refractivity contribution < 1.29 is 8.42 Å². The third kappa shape index (κ3) is 2.65. The summed E-state index contributed by atoms with van der Waals surface area (Å²) in [5, 5.41) is 0. The minimum Gasteiger partial charge on any atom is -0.224 e. The molecule has 2 fully saturated rings. The Hall–Kier alpha value is -1.09. The fraction of sp³-hybridized carbons (Fsp3) is 0.619. The van der Waals surface area contributed by atoms with Crippen LogP contribution in [0.3, 0.4) is 0 Å². The Morgan fingerprint density at radius 2 is 1.88 bits per heavy atom. The van der Waals surface area contributed by atoms with Crippen LogP contribution in [0.25, 0.3) is 0 Å². The number of hydrogen-bond donors (Lipinski definition) is 0. The van der Waals surface area contributed by atoms with Crippen LogP contribution < -0.4 is 0 Å². The molecular weight excluding hydrogens is 316 g/mol. The average Bonchev–Trinajstić information content (AvgIpc) is 2.99. The molecule has 0 aliphatic heterocycles. The summed E-state index contributed by atoms with van der Waals surface area (Å²) in [6.45, 7) is 10.9. The quantitative estimate of drug-likeness (QED) is 0.697. The third-order valence-electron chi connectivity index (χ3n) is 7.18. The van der Waals surface area contributed by atoms with Crippen molar-refractivity contribution in [2.75, 3.05) is 5.75 Å². The van der Waals surface area contributed by atoms with Crippen molar-refractivity contribution in [3.05, 3.63) is 42.5 Å². The number of allylic oxidation sites excluding steroid dienone is 1. The van der Waals surface area contributed by atoms with Crippen LogP contribution in [0, 0.1) is 22.7 Å². The van der Waals surface area contributed by atoms with Crippen LogP contribution in [-0.4, -0.2) is 14.2 Å². The molecule has 0 radical (unpaired) electrons. The van der Waals surface area contributed by atoms with E-state index in [0.29, 0.717) is 16.7 Å². The average molecular weight is 347 g/mol. The predicted octanol–water partition coefficient (Wildman–Crippen LogP) is 5.26. The molecule has 0 spiro atoms. The highest BCUT2D eigenvalue weighted by atomic mass is 32.2. The van der Waals surface area contributed by atoms with Crippen molar-refractivity contribution in [2.45, 2.75) is 57.8 Å². The number of fused-ring (bicyclic) bond motifs is 1. The van der Waals surface area contributed by atoms with Gasteiger partial charge in [0.25, 0.3) is 0 Å². The van der Waals surface area contributed by atoms with Gasteiger partial charge in [0, 0.05) is 0 Å². The van der Waals surface area contributed by atoms with Crippen molar-refractivity contribution in [2.24, 2.45) is 22.7 Å². The molecule has 0 bridgehead atoms. The molecule has 1 aromatic carbocycles. The normalized spacial score (nSPS) is 36.3. The highest BCUT2D eigenvalue weighted by Crippen LogP contribution is 2.64. The Morgan fingerprint density at radius 3 is 2.50 bits per heavy atom. The maximum atomic E-state index is 13.1. The van der Waals surface area contributed by atoms with Crippen LogP contribution in [0.4, 0.5) is 0 Å². The summed E-state index contributed by atoms with van der Waals surface area (Å²) in [7, 11) is -3.27. The van der Waals surface area contributed by atoms with Crippen LogP contribution in [0.2, 0.25) is 0 Å². The maximum absolute atomic E-state index is 13.1. The zero-order chi connectivity index (χ0) is 17.6. The van der Waals surface area contributed by atoms with E-state index in [1.807, 2.05) is 18.2 Å². The van der Waals surface area contributed by atoms with E-state index in [-0.39, 0.29) is 16.6 Å². The van der Waals surface area contributed by atoms with Crippen molar-refractivity contribution in [1.29, 1.82) is 0 Å². The SMILES string of the molecule is C=C(C)C12CCCC1C(C)(CS(=O)(=O)c1ccccc1)C(C)CC2. The Bertz CT molecular complexity index is 721. The standard InChI is InChI=1S/C21H30O2S/c1-16(2)21-13-8-11-19(21)20(4,17(3)12-14-21)15-24(22,23)18-9-6-5-7-10-18/h5-7,9-10,17,19H,1,8,11-15H2,2-4H3. The van der Waals surface area contributed by atoms with Gasteiger partial charge in [-0.1, -0.05) is 50.6 Å². The largest absolute Gasteiger partial charge is 0.224 e. The van der Waals surface area contributed by atoms with Gasteiger partial charge in [-0.3, -0.25) is 0 Å². The van der Waals surface area contributed by atoms with Gasteiger partial charge in [0.2, 0.25) is 0 Å². The summed E-state index contributed by atoms with van der Waals surface area (Å²) in [6.07, 6.45) is 5.79. The van der Waals surface area contributed by atoms with Gasteiger partial charge in [-0.15, -0.1) is 0 Å². The molecule has 0 amide bonds. The fourth-order valence-electron chi connectivity index (χ4n) is 5.57. The van der Waals surface area contributed by atoms with Gasteiger partial charge in [-0.2, -0.15) is 0 Å². The maximum Gasteiger partial charge on any atom is 0.178 e. The summed E-state index contributed by atoms with van der Waals surface area (Å²) in [5.74, 6) is 1.11. The molecule has 4 unspecified atom stereocenters. The van der Waals surface area contributed by atoms with E-state index in [1.54, 1.807) is 12.1 Å². The number of rotatable bonds is 4. The van der Waals surface area contributed by atoms with E-state index in [0.717, 1.165) is 12.8 Å². The van der Waals surface area contributed by atoms with Crippen LogP contribution in [0.1, 0.15) is 52.9 Å². The minimum atomic E-state index is -3.27. The van der Waals surface area contributed by atoms with Gasteiger partial charge < -0.3 is 0 Å². The molecule has 24 heavy (non-hydrogen) atoms. The Morgan fingerprint density at radius 1 is 1.21 bits per heavy atom. The van der Waals surface area contributed by atoms with Crippen molar-refractivity contribution >= 4 is 9.84 Å². The van der Waals surface area contributed by atoms with Crippen molar-refractivity contribution in [1.82, 2.24) is 0 Å². The fourth-order valence-corrected chi connectivity index (χ4v) is 7.61. The Labute approximate surface area is 147 Å². The van der Waals surface area contributed by atoms with Crippen LogP contribution in [-0.2, 0) is 9.84 Å². The third-order valence-corrected chi connectivity index (χ3v) is 9.17. The monoisotopic (exact) mass is 346 g/mol. The number of hydrogen-bond acceptors (Lipinski definition) is 2. The van der Waals surface area contributed by atoms with Crippen molar-refractivity contribution in [3.63, 3.8) is 0 Å². The number of benzene rings is 1. The second-order valence-corrected chi connectivity index (χ2v) is 10.4. The van der Waals surface area contributed by atoms with Crippen molar-refractivity contribution in [3.8, 4) is 0 Å². The van der Waals surface area contributed by atoms with E-state index in [4.69, 9.17) is 0 Å². The first-order chi connectivity index (χ1) is 11.2. The highest BCUT2D eigenvalue weighted by Gasteiger charge is 2.57. The molecule has 0 N–H and O–H groups in total. The van der Waals surface area contributed by atoms with Gasteiger partial charge in [0.15, 0.2) is 9.84 Å². The molecular formula is C21H30O2S. The van der Waals surface area contributed by atoms with E-state index in [1.165, 1.54) is 24.8 Å². The molecule has 0 aromatic heterocycles. The minimum absolute atomic E-state index is 0.160. The molecule has 1 aromatic rings. The Kier molecular flexibility index (Phi) is 4.44. The van der Waals surface area contributed by atoms with Crippen LogP contribution >= 0.6 is 0 Å². The molecule has 132 valence electrons. The zero-order valence-electron chi connectivity index (χ0n) is 15.2. The number of sulfone groups is 1. The molecule has 0 heterocycles. The van der Waals surface area contributed by atoms with E-state index >= 15 is 0 Å². The lowest BCUT2D eigenvalue weighted by Crippen LogP contribution is -2.50. The summed E-state index contributed by atoms with van der Waals surface area (Å²) in [5.41, 5.74) is 1.25. The van der Waals surface area contributed by atoms with Crippen LogP contribution in [0.5, 0.6) is 0 Å².